The van der Waals surface area contributed by atoms with Crippen LogP contribution < -0.4 is 9.62 Å². The van der Waals surface area contributed by atoms with Gasteiger partial charge in [0.1, 0.15) is 0 Å². The summed E-state index contributed by atoms with van der Waals surface area (Å²) >= 11 is 0. The Morgan fingerprint density at radius 1 is 1.19 bits per heavy atom. The number of halogens is 1. The third-order valence-electron chi connectivity index (χ3n) is 4.15. The molecule has 1 N–H and O–H groups in total. The molecule has 0 radical (unpaired) electrons. The van der Waals surface area contributed by atoms with E-state index in [0.29, 0.717) is 18.7 Å². The van der Waals surface area contributed by atoms with Gasteiger partial charge >= 0.3 is 5.69 Å². The van der Waals surface area contributed by atoms with Gasteiger partial charge in [0.2, 0.25) is 15.8 Å². The lowest BCUT2D eigenvalue weighted by Crippen LogP contribution is -2.37. The molecule has 1 saturated heterocycles. The number of nitro benzene ring substituents is 1. The van der Waals surface area contributed by atoms with Crippen molar-refractivity contribution in [1.29, 1.82) is 0 Å². The summed E-state index contributed by atoms with van der Waals surface area (Å²) in [6.07, 6.45) is 1.33. The molecular weight excluding hydrogens is 377 g/mol. The van der Waals surface area contributed by atoms with Crippen molar-refractivity contribution in [3.05, 3.63) is 64.0 Å². The van der Waals surface area contributed by atoms with Crippen LogP contribution >= 0.6 is 0 Å². The maximum absolute atomic E-state index is 13.4. The largest absolute Gasteiger partial charge is 0.322 e. The number of nitro groups is 1. The molecule has 0 saturated carbocycles. The number of sulfonamides is 1. The Morgan fingerprint density at radius 3 is 2.67 bits per heavy atom. The first-order valence-electron chi connectivity index (χ1n) is 8.14. The van der Waals surface area contributed by atoms with Crippen LogP contribution in [0.25, 0.3) is 0 Å². The molecule has 8 nitrogen and oxygen atoms in total. The van der Waals surface area contributed by atoms with Crippen LogP contribution in [0, 0.1) is 15.9 Å². The van der Waals surface area contributed by atoms with Crippen molar-refractivity contribution in [2.45, 2.75) is 12.8 Å². The number of benzene rings is 2. The Morgan fingerprint density at radius 2 is 1.96 bits per heavy atom. The summed E-state index contributed by atoms with van der Waals surface area (Å²) in [5, 5.41) is 13.3. The number of nitrogens with zero attached hydrogens (tertiary/aromatic N) is 2. The van der Waals surface area contributed by atoms with E-state index in [1.807, 2.05) is 0 Å². The standard InChI is InChI=1S/C17H16FN3O5S/c18-15-7-6-13(11-16(15)21(23)24)19-17(22)12-4-3-5-14(10-12)20-8-1-2-9-27(20,25)26/h3-7,10-11H,1-2,8-9H2,(H,19,22). The van der Waals surface area contributed by atoms with Gasteiger partial charge < -0.3 is 5.32 Å². The lowest BCUT2D eigenvalue weighted by Gasteiger charge is -2.28. The fraction of sp³-hybridized carbons (Fsp3) is 0.235. The second-order valence-electron chi connectivity index (χ2n) is 6.02. The molecule has 2 aromatic carbocycles. The quantitative estimate of drug-likeness (QED) is 0.634. The number of hydrogen-bond donors (Lipinski definition) is 1. The van der Waals surface area contributed by atoms with Gasteiger partial charge in [-0.15, -0.1) is 0 Å². The molecule has 0 aromatic heterocycles. The SMILES string of the molecule is O=C(Nc1ccc(F)c([N+](=O)[O-])c1)c1cccc(N2CCCCS2(=O)=O)c1. The maximum atomic E-state index is 13.4. The molecule has 0 aliphatic carbocycles. The maximum Gasteiger partial charge on any atom is 0.306 e. The highest BCUT2D eigenvalue weighted by Crippen LogP contribution is 2.25. The lowest BCUT2D eigenvalue weighted by molar-refractivity contribution is -0.387. The first-order chi connectivity index (χ1) is 12.8. The molecule has 1 aliphatic rings. The van der Waals surface area contributed by atoms with Gasteiger partial charge in [0.15, 0.2) is 0 Å². The molecule has 1 aliphatic heterocycles. The van der Waals surface area contributed by atoms with E-state index in [-0.39, 0.29) is 17.0 Å². The summed E-state index contributed by atoms with van der Waals surface area (Å²) in [6, 6.07) is 9.11. The molecule has 0 atom stereocenters. The zero-order valence-corrected chi connectivity index (χ0v) is 14.9. The molecule has 1 amide bonds. The number of anilines is 2. The van der Waals surface area contributed by atoms with Gasteiger partial charge in [-0.05, 0) is 43.2 Å². The van der Waals surface area contributed by atoms with Gasteiger partial charge in [-0.3, -0.25) is 19.2 Å². The second-order valence-corrected chi connectivity index (χ2v) is 8.04. The van der Waals surface area contributed by atoms with Crippen LogP contribution in [0.4, 0.5) is 21.5 Å². The number of amides is 1. The first kappa shape index (κ1) is 18.8. The summed E-state index contributed by atoms with van der Waals surface area (Å²) in [7, 11) is -3.41. The van der Waals surface area contributed by atoms with Crippen molar-refractivity contribution in [3.8, 4) is 0 Å². The predicted molar refractivity (Wildman–Crippen MR) is 97.8 cm³/mol. The van der Waals surface area contributed by atoms with Gasteiger partial charge in [-0.25, -0.2) is 8.42 Å². The molecule has 1 fully saturated rings. The van der Waals surface area contributed by atoms with E-state index in [1.165, 1.54) is 22.5 Å². The van der Waals surface area contributed by atoms with Crippen LogP contribution in [-0.2, 0) is 10.0 Å². The molecule has 142 valence electrons. The molecule has 3 rings (SSSR count). The molecule has 1 heterocycles. The third kappa shape index (κ3) is 4.05. The van der Waals surface area contributed by atoms with Crippen molar-refractivity contribution in [1.82, 2.24) is 0 Å². The minimum atomic E-state index is -3.41. The van der Waals surface area contributed by atoms with Crippen LogP contribution in [0.2, 0.25) is 0 Å². The smallest absolute Gasteiger partial charge is 0.306 e. The van der Waals surface area contributed by atoms with E-state index in [0.717, 1.165) is 18.6 Å². The van der Waals surface area contributed by atoms with E-state index in [9.17, 15) is 27.7 Å². The topological polar surface area (TPSA) is 110 Å². The van der Waals surface area contributed by atoms with E-state index in [4.69, 9.17) is 0 Å². The molecule has 2 aromatic rings. The van der Waals surface area contributed by atoms with Crippen LogP contribution in [0.15, 0.2) is 42.5 Å². The van der Waals surface area contributed by atoms with Crippen molar-refractivity contribution < 1.29 is 22.5 Å². The lowest BCUT2D eigenvalue weighted by atomic mass is 10.1. The molecule has 27 heavy (non-hydrogen) atoms. The number of rotatable bonds is 4. The highest BCUT2D eigenvalue weighted by Gasteiger charge is 2.26. The average Bonchev–Trinajstić information content (AvgIpc) is 2.62. The van der Waals surface area contributed by atoms with Gasteiger partial charge in [-0.2, -0.15) is 4.39 Å². The summed E-state index contributed by atoms with van der Waals surface area (Å²) in [5.74, 6) is -1.54. The molecule has 0 bridgehead atoms. The van der Waals surface area contributed by atoms with Gasteiger partial charge in [-0.1, -0.05) is 6.07 Å². The van der Waals surface area contributed by atoms with Crippen LogP contribution in [0.3, 0.4) is 0 Å². The highest BCUT2D eigenvalue weighted by molar-refractivity contribution is 7.92. The zero-order chi connectivity index (χ0) is 19.6. The average molecular weight is 393 g/mol. The number of carbonyl (C=O) groups excluding carboxylic acids is 1. The Bertz CT molecular complexity index is 1010. The Balaban J connectivity index is 1.84. The molecule has 0 spiro atoms. The number of carbonyl (C=O) groups is 1. The summed E-state index contributed by atoms with van der Waals surface area (Å²) in [5.41, 5.74) is -0.127. The van der Waals surface area contributed by atoms with E-state index in [2.05, 4.69) is 5.32 Å². The minimum Gasteiger partial charge on any atom is -0.322 e. The second kappa shape index (κ2) is 7.31. The fourth-order valence-electron chi connectivity index (χ4n) is 2.81. The van der Waals surface area contributed by atoms with E-state index in [1.54, 1.807) is 12.1 Å². The number of nitrogens with one attached hydrogen (secondary N) is 1. The molecular formula is C17H16FN3O5S. The molecule has 10 heteroatoms. The Kier molecular flexibility index (Phi) is 5.08. The summed E-state index contributed by atoms with van der Waals surface area (Å²) in [6.45, 7) is 0.345. The van der Waals surface area contributed by atoms with Crippen molar-refractivity contribution in [2.24, 2.45) is 0 Å². The summed E-state index contributed by atoms with van der Waals surface area (Å²) in [4.78, 5) is 22.4. The summed E-state index contributed by atoms with van der Waals surface area (Å²) < 4.78 is 39.1. The van der Waals surface area contributed by atoms with Gasteiger partial charge in [0.25, 0.3) is 5.91 Å². The van der Waals surface area contributed by atoms with E-state index < -0.39 is 32.4 Å². The monoisotopic (exact) mass is 393 g/mol. The van der Waals surface area contributed by atoms with Crippen LogP contribution in [0.5, 0.6) is 0 Å². The third-order valence-corrected chi connectivity index (χ3v) is 6.02. The van der Waals surface area contributed by atoms with Crippen molar-refractivity contribution in [2.75, 3.05) is 21.9 Å². The first-order valence-corrected chi connectivity index (χ1v) is 9.74. The van der Waals surface area contributed by atoms with Crippen LogP contribution in [-0.4, -0.2) is 31.5 Å². The normalized spacial score (nSPS) is 16.0. The predicted octanol–water partition coefficient (Wildman–Crippen LogP) is 2.92. The fourth-order valence-corrected chi connectivity index (χ4v) is 4.45. The van der Waals surface area contributed by atoms with Crippen molar-refractivity contribution >= 4 is 33.0 Å². The Labute approximate surface area is 154 Å². The Hall–Kier alpha value is -3.01. The van der Waals surface area contributed by atoms with Gasteiger partial charge in [0, 0.05) is 23.9 Å². The highest BCUT2D eigenvalue weighted by atomic mass is 32.2. The molecule has 0 unspecified atom stereocenters. The number of hydrogen-bond acceptors (Lipinski definition) is 5. The van der Waals surface area contributed by atoms with E-state index >= 15 is 0 Å². The zero-order valence-electron chi connectivity index (χ0n) is 14.1. The van der Waals surface area contributed by atoms with Gasteiger partial charge in [0.05, 0.1) is 16.4 Å². The minimum absolute atomic E-state index is 0.0582. The van der Waals surface area contributed by atoms with Crippen LogP contribution in [0.1, 0.15) is 23.2 Å². The van der Waals surface area contributed by atoms with Crippen molar-refractivity contribution in [3.63, 3.8) is 0 Å².